The molecule has 0 bridgehead atoms. The van der Waals surface area contributed by atoms with E-state index in [4.69, 9.17) is 0 Å². The Balaban J connectivity index is 1.40. The van der Waals surface area contributed by atoms with Crippen LogP contribution in [0.1, 0.15) is 54.4 Å². The summed E-state index contributed by atoms with van der Waals surface area (Å²) in [6, 6.07) is 9.79. The number of carbonyl (C=O) groups excluding carboxylic acids is 2. The van der Waals surface area contributed by atoms with Gasteiger partial charge in [0, 0.05) is 18.0 Å². The first-order chi connectivity index (χ1) is 15.8. The molecule has 3 heterocycles. The van der Waals surface area contributed by atoms with Gasteiger partial charge in [-0.3, -0.25) is 9.59 Å². The van der Waals surface area contributed by atoms with Crippen LogP contribution >= 0.6 is 22.9 Å². The van der Waals surface area contributed by atoms with Gasteiger partial charge in [0.15, 0.2) is 0 Å². The van der Waals surface area contributed by atoms with Gasteiger partial charge < -0.3 is 10.2 Å². The molecule has 0 aliphatic carbocycles. The fourth-order valence-electron chi connectivity index (χ4n) is 4.41. The first-order valence-corrected chi connectivity index (χ1v) is 13.0. The van der Waals surface area contributed by atoms with Crippen LogP contribution in [-0.2, 0) is 16.1 Å². The van der Waals surface area contributed by atoms with E-state index >= 15 is 0 Å². The molecule has 1 fully saturated rings. The van der Waals surface area contributed by atoms with Crippen molar-refractivity contribution in [2.45, 2.75) is 59.0 Å². The lowest BCUT2D eigenvalue weighted by Crippen LogP contribution is -2.47. The molecule has 2 unspecified atom stereocenters. The van der Waals surface area contributed by atoms with Crippen molar-refractivity contribution < 1.29 is 9.59 Å². The molecule has 6 nitrogen and oxygen atoms in total. The summed E-state index contributed by atoms with van der Waals surface area (Å²) in [5, 5.41) is 3.05. The second-order valence-electron chi connectivity index (χ2n) is 8.96. The summed E-state index contributed by atoms with van der Waals surface area (Å²) >= 11 is 3.02. The van der Waals surface area contributed by atoms with Crippen molar-refractivity contribution in [2.75, 3.05) is 6.54 Å². The highest BCUT2D eigenvalue weighted by atomic mass is 32.1. The van der Waals surface area contributed by atoms with E-state index in [1.807, 2.05) is 37.6 Å². The summed E-state index contributed by atoms with van der Waals surface area (Å²) < 4.78 is 4.36. The Morgan fingerprint density at radius 1 is 1.21 bits per heavy atom. The van der Waals surface area contributed by atoms with Gasteiger partial charge in [-0.15, -0.1) is 11.3 Å². The second kappa shape index (κ2) is 10.1. The molecule has 1 N–H and O–H groups in total. The first kappa shape index (κ1) is 23.6. The van der Waals surface area contributed by atoms with Gasteiger partial charge in [-0.1, -0.05) is 38.1 Å². The highest BCUT2D eigenvalue weighted by Crippen LogP contribution is 2.33. The predicted octanol–water partition coefficient (Wildman–Crippen LogP) is 4.93. The maximum atomic E-state index is 13.5. The Bertz CT molecular complexity index is 1120. The Morgan fingerprint density at radius 3 is 2.58 bits per heavy atom. The lowest BCUT2D eigenvalue weighted by molar-refractivity contribution is -0.140. The van der Waals surface area contributed by atoms with E-state index < -0.39 is 6.04 Å². The summed E-state index contributed by atoms with van der Waals surface area (Å²) in [6.07, 6.45) is 1.55. The number of rotatable bonds is 7. The van der Waals surface area contributed by atoms with Crippen molar-refractivity contribution in [1.29, 1.82) is 0 Å². The minimum absolute atomic E-state index is 0.0376. The zero-order valence-electron chi connectivity index (χ0n) is 19.5. The number of thiazole rings is 1. The number of aryl methyl sites for hydroxylation is 2. The van der Waals surface area contributed by atoms with Crippen molar-refractivity contribution in [3.8, 4) is 10.4 Å². The first-order valence-electron chi connectivity index (χ1n) is 11.4. The molecule has 0 radical (unpaired) electrons. The molecule has 2 atom stereocenters. The maximum Gasteiger partial charge on any atom is 0.243 e. The van der Waals surface area contributed by atoms with E-state index in [0.29, 0.717) is 19.5 Å². The average Bonchev–Trinajstić information content (AvgIpc) is 3.53. The smallest absolute Gasteiger partial charge is 0.243 e. The number of likely N-dealkylation sites (tertiary alicyclic amines) is 1. The molecule has 8 heteroatoms. The third-order valence-corrected chi connectivity index (χ3v) is 8.09. The summed E-state index contributed by atoms with van der Waals surface area (Å²) in [5.41, 5.74) is 5.98. The lowest BCUT2D eigenvalue weighted by atomic mass is 9.92. The highest BCUT2D eigenvalue weighted by Gasteiger charge is 2.39. The molecule has 1 aromatic carbocycles. The van der Waals surface area contributed by atoms with Crippen LogP contribution in [0.25, 0.3) is 10.4 Å². The molecule has 1 aliphatic rings. The van der Waals surface area contributed by atoms with Crippen LogP contribution in [0.4, 0.5) is 0 Å². The number of hydrogen-bond acceptors (Lipinski definition) is 6. The molecule has 4 rings (SSSR count). The number of aromatic nitrogens is 2. The maximum absolute atomic E-state index is 13.5. The zero-order valence-corrected chi connectivity index (χ0v) is 21.1. The highest BCUT2D eigenvalue weighted by molar-refractivity contribution is 7.13. The number of nitrogens with one attached hydrogen (secondary N) is 1. The van der Waals surface area contributed by atoms with Gasteiger partial charge in [0.2, 0.25) is 11.8 Å². The van der Waals surface area contributed by atoms with E-state index in [1.165, 1.54) is 16.4 Å². The number of benzene rings is 1. The predicted molar refractivity (Wildman–Crippen MR) is 133 cm³/mol. The molecule has 1 saturated heterocycles. The number of carbonyl (C=O) groups is 2. The molecule has 33 heavy (non-hydrogen) atoms. The largest absolute Gasteiger partial charge is 0.350 e. The van der Waals surface area contributed by atoms with Crippen LogP contribution in [0.5, 0.6) is 0 Å². The summed E-state index contributed by atoms with van der Waals surface area (Å²) in [4.78, 5) is 34.8. The van der Waals surface area contributed by atoms with Crippen LogP contribution in [0.15, 0.2) is 35.8 Å². The molecule has 2 amide bonds. The Morgan fingerprint density at radius 2 is 1.97 bits per heavy atom. The van der Waals surface area contributed by atoms with Gasteiger partial charge in [0.25, 0.3) is 0 Å². The van der Waals surface area contributed by atoms with E-state index in [2.05, 4.69) is 40.7 Å². The van der Waals surface area contributed by atoms with Crippen molar-refractivity contribution in [2.24, 2.45) is 5.92 Å². The van der Waals surface area contributed by atoms with Gasteiger partial charge in [-0.2, -0.15) is 4.37 Å². The molecule has 0 spiro atoms. The Labute approximate surface area is 203 Å². The summed E-state index contributed by atoms with van der Waals surface area (Å²) in [6.45, 7) is 9.13. The van der Waals surface area contributed by atoms with Crippen molar-refractivity contribution in [3.05, 3.63) is 57.7 Å². The van der Waals surface area contributed by atoms with Gasteiger partial charge in [0.05, 0.1) is 27.7 Å². The second-order valence-corrected chi connectivity index (χ2v) is 10.7. The van der Waals surface area contributed by atoms with E-state index in [0.717, 1.165) is 33.8 Å². The standard InChI is InChI=1S/C25H30N4O2S2/c1-15(2)22(21-12-16(3)28-33-21)25(31)29-11-5-6-20(29)24(30)26-13-18-7-9-19(10-8-18)23-17(4)27-14-32-23/h7-10,12,14-15,20,22H,5-6,11,13H2,1-4H3,(H,26,30). The molecule has 2 aromatic heterocycles. The fraction of sp³-hybridized carbons (Fsp3) is 0.440. The Kier molecular flexibility index (Phi) is 7.24. The van der Waals surface area contributed by atoms with Crippen LogP contribution < -0.4 is 5.32 Å². The van der Waals surface area contributed by atoms with E-state index in [9.17, 15) is 9.59 Å². The molecule has 3 aromatic rings. The minimum atomic E-state index is -0.410. The molecule has 0 saturated carbocycles. The number of hydrogen-bond donors (Lipinski definition) is 1. The molecular formula is C25H30N4O2S2. The van der Waals surface area contributed by atoms with Crippen LogP contribution in [0, 0.1) is 19.8 Å². The van der Waals surface area contributed by atoms with Gasteiger partial charge in [-0.25, -0.2) is 4.98 Å². The Hall–Kier alpha value is -2.58. The van der Waals surface area contributed by atoms with Crippen LogP contribution in [-0.4, -0.2) is 38.7 Å². The summed E-state index contributed by atoms with van der Waals surface area (Å²) in [7, 11) is 0. The van der Waals surface area contributed by atoms with E-state index in [1.54, 1.807) is 16.2 Å². The zero-order chi connectivity index (χ0) is 23.5. The van der Waals surface area contributed by atoms with Crippen LogP contribution in [0.2, 0.25) is 0 Å². The monoisotopic (exact) mass is 482 g/mol. The van der Waals surface area contributed by atoms with Gasteiger partial charge in [0.1, 0.15) is 6.04 Å². The van der Waals surface area contributed by atoms with Crippen molar-refractivity contribution in [3.63, 3.8) is 0 Å². The molecule has 174 valence electrons. The van der Waals surface area contributed by atoms with Crippen LogP contribution in [0.3, 0.4) is 0 Å². The lowest BCUT2D eigenvalue weighted by Gasteiger charge is -2.29. The van der Waals surface area contributed by atoms with Gasteiger partial charge in [-0.05, 0) is 61.3 Å². The number of amides is 2. The topological polar surface area (TPSA) is 75.2 Å². The molecule has 1 aliphatic heterocycles. The average molecular weight is 483 g/mol. The number of nitrogens with zero attached hydrogens (tertiary/aromatic N) is 3. The van der Waals surface area contributed by atoms with Gasteiger partial charge >= 0.3 is 0 Å². The quantitative estimate of drug-likeness (QED) is 0.518. The fourth-order valence-corrected chi connectivity index (χ4v) is 6.23. The third-order valence-electron chi connectivity index (χ3n) is 6.15. The normalized spacial score (nSPS) is 16.9. The molecular weight excluding hydrogens is 452 g/mol. The SMILES string of the molecule is Cc1cc(C(C(=O)N2CCCC2C(=O)NCc2ccc(-c3scnc3C)cc2)C(C)C)sn1. The minimum Gasteiger partial charge on any atom is -0.350 e. The van der Waals surface area contributed by atoms with E-state index in [-0.39, 0.29) is 23.7 Å². The third kappa shape index (κ3) is 5.17. The van der Waals surface area contributed by atoms with Crippen molar-refractivity contribution in [1.82, 2.24) is 19.6 Å². The summed E-state index contributed by atoms with van der Waals surface area (Å²) in [5.74, 6) is -0.156. The van der Waals surface area contributed by atoms with Crippen molar-refractivity contribution >= 4 is 34.7 Å².